The molecular formula is C21H26N2O6S. The Labute approximate surface area is 176 Å². The molecular weight excluding hydrogens is 408 g/mol. The monoisotopic (exact) mass is 434 g/mol. The molecule has 0 aliphatic carbocycles. The van der Waals surface area contributed by atoms with E-state index in [4.69, 9.17) is 9.47 Å². The molecule has 30 heavy (non-hydrogen) atoms. The number of nitrogens with one attached hydrogen (secondary N) is 2. The Balaban J connectivity index is 1.80. The number of benzene rings is 2. The fraction of sp³-hybridized carbons (Fsp3) is 0.333. The zero-order chi connectivity index (χ0) is 22.1. The predicted octanol–water partition coefficient (Wildman–Crippen LogP) is 2.63. The maximum atomic E-state index is 12.3. The van der Waals surface area contributed by atoms with Gasteiger partial charge in [0.15, 0.2) is 6.10 Å². The standard InChI is InChI=1S/C21H26N2O6S/c1-4-28-17-9-11-18(12-10-17)30(26,27)22-14-13-20(24)29-16(3)21(25)23-19-8-6-5-7-15(19)2/h5-12,16,22H,4,13-14H2,1-3H3,(H,23,25). The molecule has 0 aliphatic heterocycles. The number of carbonyl (C=O) groups excluding carboxylic acids is 2. The number of hydrogen-bond donors (Lipinski definition) is 2. The van der Waals surface area contributed by atoms with Crippen molar-refractivity contribution in [1.82, 2.24) is 4.72 Å². The van der Waals surface area contributed by atoms with Crippen molar-refractivity contribution < 1.29 is 27.5 Å². The summed E-state index contributed by atoms with van der Waals surface area (Å²) >= 11 is 0. The van der Waals surface area contributed by atoms with Crippen LogP contribution in [0.1, 0.15) is 25.8 Å². The number of sulfonamides is 1. The van der Waals surface area contributed by atoms with Crippen molar-refractivity contribution in [1.29, 1.82) is 0 Å². The van der Waals surface area contributed by atoms with Gasteiger partial charge in [-0.25, -0.2) is 13.1 Å². The summed E-state index contributed by atoms with van der Waals surface area (Å²) in [4.78, 5) is 24.2. The average Bonchev–Trinajstić information content (AvgIpc) is 2.70. The highest BCUT2D eigenvalue weighted by molar-refractivity contribution is 7.89. The second-order valence-corrected chi connectivity index (χ2v) is 8.26. The quantitative estimate of drug-likeness (QED) is 0.556. The summed E-state index contributed by atoms with van der Waals surface area (Å²) in [6, 6.07) is 13.2. The van der Waals surface area contributed by atoms with Crippen LogP contribution < -0.4 is 14.8 Å². The number of amides is 1. The second-order valence-electron chi connectivity index (χ2n) is 6.49. The first-order valence-electron chi connectivity index (χ1n) is 9.51. The Hall–Kier alpha value is -2.91. The maximum absolute atomic E-state index is 12.3. The normalized spacial score (nSPS) is 12.1. The molecule has 0 saturated carbocycles. The Morgan fingerprint density at radius 3 is 2.37 bits per heavy atom. The molecule has 1 atom stereocenters. The molecule has 1 unspecified atom stereocenters. The summed E-state index contributed by atoms with van der Waals surface area (Å²) in [7, 11) is -3.77. The molecule has 0 aliphatic rings. The van der Waals surface area contributed by atoms with Crippen molar-refractivity contribution in [3.63, 3.8) is 0 Å². The number of ether oxygens (including phenoxy) is 2. The molecule has 2 N–H and O–H groups in total. The highest BCUT2D eigenvalue weighted by atomic mass is 32.2. The minimum atomic E-state index is -3.77. The third kappa shape index (κ3) is 6.85. The van der Waals surface area contributed by atoms with Crippen LogP contribution in [0.3, 0.4) is 0 Å². The summed E-state index contributed by atoms with van der Waals surface area (Å²) in [5.74, 6) is -0.581. The highest BCUT2D eigenvalue weighted by Crippen LogP contribution is 2.16. The molecule has 0 fully saturated rings. The van der Waals surface area contributed by atoms with E-state index in [9.17, 15) is 18.0 Å². The number of esters is 1. The SMILES string of the molecule is CCOc1ccc(S(=O)(=O)NCCC(=O)OC(C)C(=O)Nc2ccccc2C)cc1. The van der Waals surface area contributed by atoms with E-state index in [2.05, 4.69) is 10.0 Å². The minimum Gasteiger partial charge on any atom is -0.494 e. The van der Waals surface area contributed by atoms with E-state index in [-0.39, 0.29) is 17.9 Å². The smallest absolute Gasteiger partial charge is 0.307 e. The van der Waals surface area contributed by atoms with Gasteiger partial charge in [0.2, 0.25) is 10.0 Å². The van der Waals surface area contributed by atoms with Gasteiger partial charge in [-0.1, -0.05) is 18.2 Å². The lowest BCUT2D eigenvalue weighted by molar-refractivity contribution is -0.152. The first-order chi connectivity index (χ1) is 14.2. The van der Waals surface area contributed by atoms with Crippen molar-refractivity contribution >= 4 is 27.6 Å². The zero-order valence-corrected chi connectivity index (χ0v) is 18.0. The first kappa shape index (κ1) is 23.4. The van der Waals surface area contributed by atoms with E-state index >= 15 is 0 Å². The zero-order valence-electron chi connectivity index (χ0n) is 17.2. The van der Waals surface area contributed by atoms with Crippen LogP contribution >= 0.6 is 0 Å². The number of anilines is 1. The van der Waals surface area contributed by atoms with Gasteiger partial charge >= 0.3 is 5.97 Å². The molecule has 0 radical (unpaired) electrons. The number of hydrogen-bond acceptors (Lipinski definition) is 6. The minimum absolute atomic E-state index is 0.0605. The van der Waals surface area contributed by atoms with E-state index < -0.39 is 28.0 Å². The third-order valence-electron chi connectivity index (χ3n) is 4.15. The molecule has 2 aromatic carbocycles. The fourth-order valence-corrected chi connectivity index (χ4v) is 3.54. The van der Waals surface area contributed by atoms with Crippen LogP contribution in [0.5, 0.6) is 5.75 Å². The van der Waals surface area contributed by atoms with E-state index in [1.165, 1.54) is 19.1 Å². The van der Waals surface area contributed by atoms with Gasteiger partial charge in [0.1, 0.15) is 5.75 Å². The van der Waals surface area contributed by atoms with E-state index in [1.807, 2.05) is 26.0 Å². The molecule has 0 saturated heterocycles. The van der Waals surface area contributed by atoms with Crippen molar-refractivity contribution in [3.05, 3.63) is 54.1 Å². The third-order valence-corrected chi connectivity index (χ3v) is 5.62. The number of para-hydroxylation sites is 1. The van der Waals surface area contributed by atoms with Crippen molar-refractivity contribution in [3.8, 4) is 5.75 Å². The largest absolute Gasteiger partial charge is 0.494 e. The van der Waals surface area contributed by atoms with Crippen LogP contribution in [0.25, 0.3) is 0 Å². The molecule has 162 valence electrons. The fourth-order valence-electron chi connectivity index (χ4n) is 2.51. The molecule has 0 aromatic heterocycles. The van der Waals surface area contributed by atoms with Crippen molar-refractivity contribution in [2.75, 3.05) is 18.5 Å². The second kappa shape index (κ2) is 10.7. The Kier molecular flexibility index (Phi) is 8.37. The van der Waals surface area contributed by atoms with E-state index in [1.54, 1.807) is 24.3 Å². The predicted molar refractivity (Wildman–Crippen MR) is 113 cm³/mol. The molecule has 2 rings (SSSR count). The van der Waals surface area contributed by atoms with Gasteiger partial charge in [-0.05, 0) is 56.7 Å². The van der Waals surface area contributed by atoms with Crippen LogP contribution in [0.15, 0.2) is 53.4 Å². The van der Waals surface area contributed by atoms with Crippen molar-refractivity contribution in [2.24, 2.45) is 0 Å². The van der Waals surface area contributed by atoms with E-state index in [0.29, 0.717) is 18.0 Å². The lowest BCUT2D eigenvalue weighted by Crippen LogP contribution is -2.32. The summed E-state index contributed by atoms with van der Waals surface area (Å²) < 4.78 is 37.3. The maximum Gasteiger partial charge on any atom is 0.307 e. The molecule has 1 amide bonds. The molecule has 0 bridgehead atoms. The Morgan fingerprint density at radius 2 is 1.73 bits per heavy atom. The number of rotatable bonds is 10. The van der Waals surface area contributed by atoms with Crippen molar-refractivity contribution in [2.45, 2.75) is 38.2 Å². The molecule has 0 heterocycles. The van der Waals surface area contributed by atoms with Gasteiger partial charge in [-0.15, -0.1) is 0 Å². The van der Waals surface area contributed by atoms with Crippen LogP contribution in [0, 0.1) is 6.92 Å². The van der Waals surface area contributed by atoms with Crippen LogP contribution in [0.2, 0.25) is 0 Å². The number of carbonyl (C=O) groups is 2. The summed E-state index contributed by atoms with van der Waals surface area (Å²) in [6.45, 7) is 5.46. The topological polar surface area (TPSA) is 111 Å². The number of aryl methyl sites for hydroxylation is 1. The lowest BCUT2D eigenvalue weighted by Gasteiger charge is -2.15. The Bertz CT molecular complexity index is 973. The molecule has 0 spiro atoms. The molecule has 2 aromatic rings. The van der Waals surface area contributed by atoms with Gasteiger partial charge in [-0.2, -0.15) is 0 Å². The Morgan fingerprint density at radius 1 is 1.07 bits per heavy atom. The van der Waals surface area contributed by atoms with Gasteiger partial charge in [0.25, 0.3) is 5.91 Å². The summed E-state index contributed by atoms with van der Waals surface area (Å²) in [5.41, 5.74) is 1.52. The van der Waals surface area contributed by atoms with Gasteiger partial charge in [0, 0.05) is 12.2 Å². The first-order valence-corrected chi connectivity index (χ1v) is 11.0. The van der Waals surface area contributed by atoms with Crippen LogP contribution in [0.4, 0.5) is 5.69 Å². The molecule has 9 heteroatoms. The van der Waals surface area contributed by atoms with Gasteiger partial charge < -0.3 is 14.8 Å². The lowest BCUT2D eigenvalue weighted by atomic mass is 10.2. The average molecular weight is 435 g/mol. The summed E-state index contributed by atoms with van der Waals surface area (Å²) in [5, 5.41) is 2.69. The summed E-state index contributed by atoms with van der Waals surface area (Å²) in [6.07, 6.45) is -1.22. The van der Waals surface area contributed by atoms with Crippen LogP contribution in [-0.4, -0.2) is 39.5 Å². The van der Waals surface area contributed by atoms with Gasteiger partial charge in [-0.3, -0.25) is 9.59 Å². The highest BCUT2D eigenvalue weighted by Gasteiger charge is 2.19. The van der Waals surface area contributed by atoms with E-state index in [0.717, 1.165) is 5.56 Å². The van der Waals surface area contributed by atoms with Crippen LogP contribution in [-0.2, 0) is 24.3 Å². The van der Waals surface area contributed by atoms with Gasteiger partial charge in [0.05, 0.1) is 17.9 Å². The molecule has 8 nitrogen and oxygen atoms in total.